The van der Waals surface area contributed by atoms with Crippen LogP contribution in [0.4, 0.5) is 5.82 Å². The third kappa shape index (κ3) is 3.34. The molecule has 0 radical (unpaired) electrons. The molecule has 1 aromatic rings. The summed E-state index contributed by atoms with van der Waals surface area (Å²) in [7, 11) is 0. The largest absolute Gasteiger partial charge is 0.320 e. The summed E-state index contributed by atoms with van der Waals surface area (Å²) in [5.74, 6) is 0.750. The van der Waals surface area contributed by atoms with Crippen LogP contribution in [0.1, 0.15) is 45.2 Å². The average molecular weight is 224 g/mol. The first-order valence-electron chi connectivity index (χ1n) is 5.66. The first kappa shape index (κ1) is 12.7. The van der Waals surface area contributed by atoms with Gasteiger partial charge in [-0.1, -0.05) is 20.3 Å². The molecular formula is C11H20N4O. The Bertz CT molecular complexity index is 346. The number of amides is 1. The van der Waals surface area contributed by atoms with Crippen LogP contribution in [-0.4, -0.2) is 22.1 Å². The quantitative estimate of drug-likeness (QED) is 0.710. The zero-order chi connectivity index (χ0) is 12.1. The molecule has 5 heteroatoms. The molecule has 0 aromatic carbocycles. The van der Waals surface area contributed by atoms with Crippen LogP contribution in [0.25, 0.3) is 0 Å². The molecule has 5 nitrogen and oxygen atoms in total. The highest BCUT2D eigenvalue weighted by Crippen LogP contribution is 2.20. The molecular weight excluding hydrogens is 204 g/mol. The van der Waals surface area contributed by atoms with E-state index in [0.29, 0.717) is 11.7 Å². The van der Waals surface area contributed by atoms with E-state index in [9.17, 15) is 4.79 Å². The molecule has 2 unspecified atom stereocenters. The lowest BCUT2D eigenvalue weighted by Crippen LogP contribution is -2.32. The summed E-state index contributed by atoms with van der Waals surface area (Å²) in [6.07, 6.45) is 2.23. The zero-order valence-corrected chi connectivity index (χ0v) is 10.1. The molecule has 0 aliphatic heterocycles. The molecule has 0 saturated carbocycles. The van der Waals surface area contributed by atoms with Crippen LogP contribution >= 0.6 is 0 Å². The second-order valence-electron chi connectivity index (χ2n) is 4.18. The molecule has 1 amide bonds. The number of H-pyrrole nitrogens is 1. The van der Waals surface area contributed by atoms with E-state index in [-0.39, 0.29) is 5.91 Å². The van der Waals surface area contributed by atoms with Crippen molar-refractivity contribution >= 4 is 11.7 Å². The molecule has 0 aliphatic rings. The fourth-order valence-electron chi connectivity index (χ4n) is 1.48. The first-order chi connectivity index (χ1) is 7.54. The van der Waals surface area contributed by atoms with Gasteiger partial charge in [0.15, 0.2) is 5.82 Å². The van der Waals surface area contributed by atoms with Crippen molar-refractivity contribution in [3.05, 3.63) is 11.8 Å². The van der Waals surface area contributed by atoms with Gasteiger partial charge in [-0.15, -0.1) is 0 Å². The minimum Gasteiger partial charge on any atom is -0.320 e. The smallest absolute Gasteiger partial charge is 0.242 e. The van der Waals surface area contributed by atoms with Crippen molar-refractivity contribution in [2.75, 3.05) is 5.32 Å². The Balaban J connectivity index is 2.61. The van der Waals surface area contributed by atoms with E-state index < -0.39 is 6.04 Å². The van der Waals surface area contributed by atoms with Crippen LogP contribution in [0, 0.1) is 0 Å². The van der Waals surface area contributed by atoms with Gasteiger partial charge in [0, 0.05) is 11.8 Å². The summed E-state index contributed by atoms with van der Waals surface area (Å²) in [4.78, 5) is 11.3. The van der Waals surface area contributed by atoms with Crippen LogP contribution < -0.4 is 11.1 Å². The van der Waals surface area contributed by atoms with E-state index in [1.54, 1.807) is 6.92 Å². The summed E-state index contributed by atoms with van der Waals surface area (Å²) >= 11 is 0. The number of aromatic nitrogens is 2. The van der Waals surface area contributed by atoms with Crippen molar-refractivity contribution in [3.8, 4) is 0 Å². The Morgan fingerprint density at radius 3 is 2.88 bits per heavy atom. The third-order valence-corrected chi connectivity index (χ3v) is 2.52. The summed E-state index contributed by atoms with van der Waals surface area (Å²) in [5.41, 5.74) is 6.49. The van der Waals surface area contributed by atoms with Crippen molar-refractivity contribution in [3.63, 3.8) is 0 Å². The summed E-state index contributed by atoms with van der Waals surface area (Å²) < 4.78 is 0. The summed E-state index contributed by atoms with van der Waals surface area (Å²) in [6, 6.07) is 1.34. The molecule has 1 aromatic heterocycles. The topological polar surface area (TPSA) is 83.8 Å². The second-order valence-corrected chi connectivity index (χ2v) is 4.18. The van der Waals surface area contributed by atoms with Gasteiger partial charge >= 0.3 is 0 Å². The molecule has 0 aliphatic carbocycles. The van der Waals surface area contributed by atoms with E-state index in [2.05, 4.69) is 29.4 Å². The molecule has 0 saturated heterocycles. The van der Waals surface area contributed by atoms with Crippen molar-refractivity contribution < 1.29 is 4.79 Å². The molecule has 0 fully saturated rings. The van der Waals surface area contributed by atoms with Gasteiger partial charge in [-0.05, 0) is 19.3 Å². The maximum Gasteiger partial charge on any atom is 0.242 e. The minimum atomic E-state index is -0.520. The van der Waals surface area contributed by atoms with E-state index >= 15 is 0 Å². The lowest BCUT2D eigenvalue weighted by atomic mass is 10.0. The molecule has 2 atom stereocenters. The van der Waals surface area contributed by atoms with Gasteiger partial charge in [-0.2, -0.15) is 5.10 Å². The van der Waals surface area contributed by atoms with Crippen LogP contribution in [0.5, 0.6) is 0 Å². The van der Waals surface area contributed by atoms with Crippen LogP contribution in [-0.2, 0) is 4.79 Å². The monoisotopic (exact) mass is 224 g/mol. The van der Waals surface area contributed by atoms with Gasteiger partial charge < -0.3 is 11.1 Å². The van der Waals surface area contributed by atoms with Crippen molar-refractivity contribution in [1.82, 2.24) is 10.2 Å². The van der Waals surface area contributed by atoms with Crippen molar-refractivity contribution in [2.24, 2.45) is 5.73 Å². The van der Waals surface area contributed by atoms with Gasteiger partial charge in [0.2, 0.25) is 5.91 Å². The molecule has 90 valence electrons. The number of nitrogens with zero attached hydrogens (tertiary/aromatic N) is 1. The number of hydrogen-bond acceptors (Lipinski definition) is 3. The number of carbonyl (C=O) groups excluding carboxylic acids is 1. The van der Waals surface area contributed by atoms with E-state index in [4.69, 9.17) is 5.73 Å². The standard InChI is InChI=1S/C11H20N4O/c1-4-5-7(2)9-6-10(15-14-9)13-11(16)8(3)12/h6-8H,4-5,12H2,1-3H3,(H2,13,14,15,16). The Kier molecular flexibility index (Phi) is 4.49. The third-order valence-electron chi connectivity index (χ3n) is 2.52. The molecule has 1 rings (SSSR count). The predicted octanol–water partition coefficient (Wildman–Crippen LogP) is 1.60. The maximum atomic E-state index is 11.3. The Hall–Kier alpha value is -1.36. The molecule has 1 heterocycles. The number of nitrogens with two attached hydrogens (primary N) is 1. The zero-order valence-electron chi connectivity index (χ0n) is 10.1. The first-order valence-corrected chi connectivity index (χ1v) is 5.66. The maximum absolute atomic E-state index is 11.3. The van der Waals surface area contributed by atoms with Crippen LogP contribution in [0.3, 0.4) is 0 Å². The Labute approximate surface area is 95.8 Å². The normalized spacial score (nSPS) is 14.5. The van der Waals surface area contributed by atoms with Crippen LogP contribution in [0.15, 0.2) is 6.07 Å². The Morgan fingerprint density at radius 2 is 2.31 bits per heavy atom. The van der Waals surface area contributed by atoms with Gasteiger partial charge in [0.1, 0.15) is 0 Å². The highest BCUT2D eigenvalue weighted by molar-refractivity contribution is 5.93. The van der Waals surface area contributed by atoms with E-state index in [1.807, 2.05) is 6.07 Å². The number of hydrogen-bond donors (Lipinski definition) is 3. The lowest BCUT2D eigenvalue weighted by molar-refractivity contribution is -0.117. The van der Waals surface area contributed by atoms with E-state index in [1.165, 1.54) is 0 Å². The van der Waals surface area contributed by atoms with Crippen molar-refractivity contribution in [2.45, 2.75) is 45.6 Å². The molecule has 0 bridgehead atoms. The SMILES string of the molecule is CCCC(C)c1cc(NC(=O)C(C)N)n[nH]1. The average Bonchev–Trinajstić information content (AvgIpc) is 2.66. The Morgan fingerprint density at radius 1 is 1.62 bits per heavy atom. The number of nitrogens with one attached hydrogen (secondary N) is 2. The summed E-state index contributed by atoms with van der Waals surface area (Å²) in [5, 5.41) is 9.61. The fraction of sp³-hybridized carbons (Fsp3) is 0.636. The molecule has 0 spiro atoms. The molecule has 4 N–H and O–H groups in total. The van der Waals surface area contributed by atoms with Gasteiger partial charge in [0.05, 0.1) is 6.04 Å². The van der Waals surface area contributed by atoms with Gasteiger partial charge in [-0.3, -0.25) is 9.89 Å². The van der Waals surface area contributed by atoms with Gasteiger partial charge in [0.25, 0.3) is 0 Å². The predicted molar refractivity (Wildman–Crippen MR) is 64.2 cm³/mol. The fourth-order valence-corrected chi connectivity index (χ4v) is 1.48. The van der Waals surface area contributed by atoms with Crippen molar-refractivity contribution in [1.29, 1.82) is 0 Å². The number of rotatable bonds is 5. The number of aromatic amines is 1. The highest BCUT2D eigenvalue weighted by atomic mass is 16.2. The highest BCUT2D eigenvalue weighted by Gasteiger charge is 2.12. The van der Waals surface area contributed by atoms with E-state index in [0.717, 1.165) is 18.5 Å². The lowest BCUT2D eigenvalue weighted by Gasteiger charge is -2.05. The molecule has 16 heavy (non-hydrogen) atoms. The second kappa shape index (κ2) is 5.65. The van der Waals surface area contributed by atoms with Crippen LogP contribution in [0.2, 0.25) is 0 Å². The number of carbonyl (C=O) groups is 1. The van der Waals surface area contributed by atoms with Gasteiger partial charge in [-0.25, -0.2) is 0 Å². The number of anilines is 1. The summed E-state index contributed by atoms with van der Waals surface area (Å²) in [6.45, 7) is 5.92. The minimum absolute atomic E-state index is 0.221.